The zero-order chi connectivity index (χ0) is 18.0. The summed E-state index contributed by atoms with van der Waals surface area (Å²) in [6, 6.07) is 8.24. The molecule has 3 rings (SSSR count). The van der Waals surface area contributed by atoms with Gasteiger partial charge < -0.3 is 9.30 Å². The third-order valence-electron chi connectivity index (χ3n) is 3.36. The molecule has 2 aromatic heterocycles. The molecule has 0 unspecified atom stereocenters. The van der Waals surface area contributed by atoms with Crippen LogP contribution in [0.15, 0.2) is 57.0 Å². The summed E-state index contributed by atoms with van der Waals surface area (Å²) >= 11 is 2.31. The van der Waals surface area contributed by atoms with Crippen molar-refractivity contribution in [3.8, 4) is 0 Å². The number of esters is 1. The number of nitrogens with zero attached hydrogens (tertiary/aromatic N) is 2. The Morgan fingerprint density at radius 2 is 2.20 bits per heavy atom. The number of methoxy groups -OCH3 is 1. The van der Waals surface area contributed by atoms with Crippen LogP contribution in [-0.2, 0) is 21.3 Å². The smallest absolute Gasteiger partial charge is 0.337 e. The van der Waals surface area contributed by atoms with Crippen molar-refractivity contribution >= 4 is 48.9 Å². The third kappa shape index (κ3) is 3.44. The molecule has 0 N–H and O–H groups in total. The maximum absolute atomic E-state index is 12.5. The van der Waals surface area contributed by atoms with Crippen molar-refractivity contribution in [3.63, 3.8) is 0 Å². The lowest BCUT2D eigenvalue weighted by atomic mass is 10.2. The highest BCUT2D eigenvalue weighted by molar-refractivity contribution is 7.92. The van der Waals surface area contributed by atoms with Crippen LogP contribution >= 0.6 is 22.7 Å². The van der Waals surface area contributed by atoms with Gasteiger partial charge in [-0.05, 0) is 29.6 Å². The molecule has 0 saturated carbocycles. The first-order valence-corrected chi connectivity index (χ1v) is 10.3. The molecule has 0 aliphatic heterocycles. The van der Waals surface area contributed by atoms with Crippen molar-refractivity contribution in [2.45, 2.75) is 10.8 Å². The summed E-state index contributed by atoms with van der Waals surface area (Å²) in [7, 11) is -2.47. The molecule has 0 bridgehead atoms. The molecule has 0 atom stereocenters. The van der Waals surface area contributed by atoms with Crippen molar-refractivity contribution in [3.05, 3.63) is 58.7 Å². The largest absolute Gasteiger partial charge is 0.465 e. The third-order valence-corrected chi connectivity index (χ3v) is 7.16. The normalized spacial score (nSPS) is 12.4. The maximum Gasteiger partial charge on any atom is 0.337 e. The molecular formula is C16H14N2O4S3. The van der Waals surface area contributed by atoms with Crippen molar-refractivity contribution in [1.29, 1.82) is 0 Å². The number of allylic oxidation sites excluding steroid dienone is 1. The number of sulfonamides is 1. The number of aromatic nitrogens is 1. The number of hydrogen-bond acceptors (Lipinski definition) is 6. The fraction of sp³-hybridized carbons (Fsp3) is 0.125. The SMILES string of the molecule is C=CCn1/c(=N/S(=O)(=O)c2cccs2)sc2cc(C(=O)OC)ccc21. The number of fused-ring (bicyclic) bond motifs is 1. The minimum absolute atomic E-state index is 0.186. The predicted octanol–water partition coefficient (Wildman–Crippen LogP) is 3.03. The number of carbonyl (C=O) groups excluding carboxylic acids is 1. The molecule has 0 spiro atoms. The van der Waals surface area contributed by atoms with E-state index in [1.54, 1.807) is 40.3 Å². The second-order valence-corrected chi connectivity index (χ2v) is 8.74. The number of rotatable bonds is 5. The Kier molecular flexibility index (Phi) is 4.89. The van der Waals surface area contributed by atoms with E-state index in [2.05, 4.69) is 11.0 Å². The van der Waals surface area contributed by atoms with Crippen molar-refractivity contribution < 1.29 is 17.9 Å². The van der Waals surface area contributed by atoms with Crippen LogP contribution in [0.2, 0.25) is 0 Å². The molecule has 2 heterocycles. The first-order chi connectivity index (χ1) is 12.0. The van der Waals surface area contributed by atoms with Crippen LogP contribution in [0.1, 0.15) is 10.4 Å². The molecule has 6 nitrogen and oxygen atoms in total. The average molecular weight is 394 g/mol. The van der Waals surface area contributed by atoms with Gasteiger partial charge >= 0.3 is 5.97 Å². The van der Waals surface area contributed by atoms with Crippen molar-refractivity contribution in [2.75, 3.05) is 7.11 Å². The molecule has 9 heteroatoms. The highest BCUT2D eigenvalue weighted by Crippen LogP contribution is 2.22. The van der Waals surface area contributed by atoms with Gasteiger partial charge in [-0.3, -0.25) is 0 Å². The molecule has 0 radical (unpaired) electrons. The molecule has 1 aromatic carbocycles. The summed E-state index contributed by atoms with van der Waals surface area (Å²) < 4.78 is 36.3. The van der Waals surface area contributed by atoms with Crippen molar-refractivity contribution in [1.82, 2.24) is 4.57 Å². The Balaban J connectivity index is 2.23. The molecule has 0 aliphatic carbocycles. The predicted molar refractivity (Wildman–Crippen MR) is 98.4 cm³/mol. The van der Waals surface area contributed by atoms with Gasteiger partial charge in [-0.1, -0.05) is 23.5 Å². The van der Waals surface area contributed by atoms with Crippen LogP contribution in [0.5, 0.6) is 0 Å². The quantitative estimate of drug-likeness (QED) is 0.492. The fourth-order valence-electron chi connectivity index (χ4n) is 2.25. The Labute approximate surface area is 152 Å². The molecular weight excluding hydrogens is 380 g/mol. The lowest BCUT2D eigenvalue weighted by Crippen LogP contribution is -2.16. The van der Waals surface area contributed by atoms with Gasteiger partial charge in [0.15, 0.2) is 0 Å². The monoisotopic (exact) mass is 394 g/mol. The standard InChI is InChI=1S/C16H14N2O4S3/c1-3-8-18-12-7-6-11(15(19)22-2)10-13(12)24-16(18)17-25(20,21)14-5-4-9-23-14/h3-7,9-10H,1,8H2,2H3/b17-16-. The average Bonchev–Trinajstić information content (AvgIpc) is 3.23. The van der Waals surface area contributed by atoms with Crippen LogP contribution in [0.3, 0.4) is 0 Å². The lowest BCUT2D eigenvalue weighted by molar-refractivity contribution is 0.0601. The van der Waals surface area contributed by atoms with Gasteiger partial charge in [0, 0.05) is 6.54 Å². The lowest BCUT2D eigenvalue weighted by Gasteiger charge is -2.02. The number of carbonyl (C=O) groups is 1. The summed E-state index contributed by atoms with van der Waals surface area (Å²) in [5, 5.41) is 1.69. The number of thiophene rings is 1. The Hall–Kier alpha value is -2.23. The number of hydrogen-bond donors (Lipinski definition) is 0. The van der Waals surface area contributed by atoms with Gasteiger partial charge in [0.1, 0.15) is 4.21 Å². The van der Waals surface area contributed by atoms with Gasteiger partial charge in [0.25, 0.3) is 10.0 Å². The molecule has 0 saturated heterocycles. The number of ether oxygens (including phenoxy) is 1. The topological polar surface area (TPSA) is 77.7 Å². The maximum atomic E-state index is 12.5. The molecule has 3 aromatic rings. The van der Waals surface area contributed by atoms with Crippen LogP contribution < -0.4 is 4.80 Å². The van der Waals surface area contributed by atoms with E-state index in [4.69, 9.17) is 4.74 Å². The van der Waals surface area contributed by atoms with Gasteiger partial charge in [0.05, 0.1) is 22.9 Å². The second kappa shape index (κ2) is 6.95. The summed E-state index contributed by atoms with van der Waals surface area (Å²) in [6.07, 6.45) is 1.66. The van der Waals surface area contributed by atoms with Gasteiger partial charge in [-0.25, -0.2) is 4.79 Å². The summed E-state index contributed by atoms with van der Waals surface area (Å²) in [6.45, 7) is 4.11. The highest BCUT2D eigenvalue weighted by atomic mass is 32.2. The van der Waals surface area contributed by atoms with E-state index in [0.29, 0.717) is 16.9 Å². The van der Waals surface area contributed by atoms with E-state index in [0.717, 1.165) is 21.6 Å². The van der Waals surface area contributed by atoms with Gasteiger partial charge in [-0.2, -0.15) is 8.42 Å². The first-order valence-electron chi connectivity index (χ1n) is 7.13. The van der Waals surface area contributed by atoms with Crippen LogP contribution in [-0.4, -0.2) is 26.1 Å². The van der Waals surface area contributed by atoms with Crippen molar-refractivity contribution in [2.24, 2.45) is 4.40 Å². The zero-order valence-corrected chi connectivity index (χ0v) is 15.7. The van der Waals surface area contributed by atoms with E-state index in [9.17, 15) is 13.2 Å². The Bertz CT molecular complexity index is 1110. The van der Waals surface area contributed by atoms with E-state index in [1.165, 1.54) is 24.5 Å². The molecule has 130 valence electrons. The summed E-state index contributed by atoms with van der Waals surface area (Å²) in [5.41, 5.74) is 1.17. The van der Waals surface area contributed by atoms with Crippen LogP contribution in [0.4, 0.5) is 0 Å². The molecule has 25 heavy (non-hydrogen) atoms. The molecule has 0 amide bonds. The van der Waals surface area contributed by atoms with Crippen LogP contribution in [0, 0.1) is 0 Å². The first kappa shape index (κ1) is 17.6. The van der Waals surface area contributed by atoms with E-state index in [1.807, 2.05) is 0 Å². The zero-order valence-electron chi connectivity index (χ0n) is 13.2. The summed E-state index contributed by atoms with van der Waals surface area (Å²) in [4.78, 5) is 12.0. The minimum Gasteiger partial charge on any atom is -0.465 e. The van der Waals surface area contributed by atoms with E-state index < -0.39 is 16.0 Å². The Morgan fingerprint density at radius 1 is 1.40 bits per heavy atom. The minimum atomic E-state index is -3.78. The van der Waals surface area contributed by atoms with Gasteiger partial charge in [-0.15, -0.1) is 22.3 Å². The fourth-order valence-corrected chi connectivity index (χ4v) is 5.50. The molecule has 0 aliphatic rings. The highest BCUT2D eigenvalue weighted by Gasteiger charge is 2.16. The van der Waals surface area contributed by atoms with E-state index >= 15 is 0 Å². The second-order valence-electron chi connectivity index (χ2n) is 4.96. The number of benzene rings is 1. The van der Waals surface area contributed by atoms with Gasteiger partial charge in [0.2, 0.25) is 4.80 Å². The van der Waals surface area contributed by atoms with E-state index in [-0.39, 0.29) is 4.21 Å². The summed E-state index contributed by atoms with van der Waals surface area (Å²) in [5.74, 6) is -0.449. The Morgan fingerprint density at radius 3 is 2.84 bits per heavy atom. The number of thiazole rings is 1. The molecule has 0 fully saturated rings. The van der Waals surface area contributed by atoms with Crippen LogP contribution in [0.25, 0.3) is 10.2 Å².